The third-order valence-corrected chi connectivity index (χ3v) is 2.08. The van der Waals surface area contributed by atoms with Crippen LogP contribution >= 0.6 is 0 Å². The molecule has 98 valence electrons. The number of urea groups is 1. The molecule has 6 nitrogen and oxygen atoms in total. The van der Waals surface area contributed by atoms with Gasteiger partial charge in [0.15, 0.2) is 6.04 Å². The van der Waals surface area contributed by atoms with E-state index in [1.807, 2.05) is 0 Å². The van der Waals surface area contributed by atoms with E-state index in [9.17, 15) is 14.0 Å². The molecule has 7 heteroatoms. The molecule has 0 radical (unpaired) electrons. The maximum absolute atomic E-state index is 12.6. The molecular weight excluding hydrogens is 243 g/mol. The van der Waals surface area contributed by atoms with Crippen LogP contribution in [0.3, 0.4) is 0 Å². The second-order valence-electron chi connectivity index (χ2n) is 3.36. The molecule has 0 aliphatic carbocycles. The van der Waals surface area contributed by atoms with E-state index in [1.165, 1.54) is 24.3 Å². The quantitative estimate of drug-likeness (QED) is 0.684. The van der Waals surface area contributed by atoms with Crippen LogP contribution in [0.1, 0.15) is 0 Å². The maximum Gasteiger partial charge on any atom is 0.330 e. The highest BCUT2D eigenvalue weighted by Crippen LogP contribution is 2.07. The SMILES string of the molecule is COC(=O)C(CO)NC(=O)Nc1ccc(F)cc1. The van der Waals surface area contributed by atoms with E-state index in [2.05, 4.69) is 15.4 Å². The number of methoxy groups -OCH3 is 1. The van der Waals surface area contributed by atoms with Crippen LogP contribution in [0.5, 0.6) is 0 Å². The Morgan fingerprint density at radius 1 is 1.39 bits per heavy atom. The van der Waals surface area contributed by atoms with Gasteiger partial charge in [-0.2, -0.15) is 0 Å². The number of nitrogens with one attached hydrogen (secondary N) is 2. The number of halogens is 1. The van der Waals surface area contributed by atoms with Gasteiger partial charge in [0.1, 0.15) is 5.82 Å². The highest BCUT2D eigenvalue weighted by Gasteiger charge is 2.20. The molecule has 0 heterocycles. The van der Waals surface area contributed by atoms with Gasteiger partial charge < -0.3 is 20.5 Å². The number of carbonyl (C=O) groups excluding carboxylic acids is 2. The van der Waals surface area contributed by atoms with E-state index in [0.717, 1.165) is 7.11 Å². The maximum atomic E-state index is 12.6. The first-order valence-electron chi connectivity index (χ1n) is 5.08. The number of aliphatic hydroxyl groups is 1. The van der Waals surface area contributed by atoms with Gasteiger partial charge in [0.05, 0.1) is 13.7 Å². The number of ether oxygens (including phenoxy) is 1. The van der Waals surface area contributed by atoms with Crippen LogP contribution in [-0.2, 0) is 9.53 Å². The standard InChI is InChI=1S/C11H13FN2O4/c1-18-10(16)9(6-15)14-11(17)13-8-4-2-7(12)3-5-8/h2-5,9,15H,6H2,1H3,(H2,13,14,17). The Bertz CT molecular complexity index is 422. The molecule has 0 aromatic heterocycles. The van der Waals surface area contributed by atoms with Gasteiger partial charge in [0.2, 0.25) is 0 Å². The Balaban J connectivity index is 2.55. The molecule has 1 unspecified atom stereocenters. The summed E-state index contributed by atoms with van der Waals surface area (Å²) in [6.45, 7) is -0.580. The lowest BCUT2D eigenvalue weighted by Crippen LogP contribution is -2.45. The fraction of sp³-hybridized carbons (Fsp3) is 0.273. The van der Waals surface area contributed by atoms with Crippen molar-refractivity contribution in [3.8, 4) is 0 Å². The largest absolute Gasteiger partial charge is 0.467 e. The fourth-order valence-electron chi connectivity index (χ4n) is 1.18. The minimum absolute atomic E-state index is 0.357. The van der Waals surface area contributed by atoms with Gasteiger partial charge in [0.25, 0.3) is 0 Å². The fourth-order valence-corrected chi connectivity index (χ4v) is 1.18. The first-order chi connectivity index (χ1) is 8.56. The monoisotopic (exact) mass is 256 g/mol. The molecule has 3 N–H and O–H groups in total. The Labute approximate surface area is 103 Å². The van der Waals surface area contributed by atoms with E-state index in [1.54, 1.807) is 0 Å². The van der Waals surface area contributed by atoms with Gasteiger partial charge in [-0.3, -0.25) is 0 Å². The van der Waals surface area contributed by atoms with Crippen LogP contribution in [0.25, 0.3) is 0 Å². The molecule has 0 saturated carbocycles. The molecule has 1 aromatic rings. The number of anilines is 1. The van der Waals surface area contributed by atoms with Crippen molar-refractivity contribution in [3.63, 3.8) is 0 Å². The molecule has 0 aliphatic rings. The molecule has 0 aliphatic heterocycles. The van der Waals surface area contributed by atoms with Crippen molar-refractivity contribution in [3.05, 3.63) is 30.1 Å². The zero-order chi connectivity index (χ0) is 13.5. The summed E-state index contributed by atoms with van der Waals surface area (Å²) in [7, 11) is 1.14. The van der Waals surface area contributed by atoms with Crippen molar-refractivity contribution in [1.82, 2.24) is 5.32 Å². The van der Waals surface area contributed by atoms with Crippen LogP contribution in [0.15, 0.2) is 24.3 Å². The number of hydrogen-bond donors (Lipinski definition) is 3. The van der Waals surface area contributed by atoms with Crippen molar-refractivity contribution in [2.45, 2.75) is 6.04 Å². The second kappa shape index (κ2) is 6.55. The summed E-state index contributed by atoms with van der Waals surface area (Å²) in [5.74, 6) is -1.18. The molecule has 0 bridgehead atoms. The van der Waals surface area contributed by atoms with Crippen LogP contribution in [0.4, 0.5) is 14.9 Å². The van der Waals surface area contributed by atoms with Crippen molar-refractivity contribution >= 4 is 17.7 Å². The smallest absolute Gasteiger partial charge is 0.330 e. The van der Waals surface area contributed by atoms with Crippen LogP contribution in [0.2, 0.25) is 0 Å². The van der Waals surface area contributed by atoms with E-state index < -0.39 is 30.5 Å². The minimum atomic E-state index is -1.14. The van der Waals surface area contributed by atoms with Crippen molar-refractivity contribution in [2.75, 3.05) is 19.0 Å². The molecular formula is C11H13FN2O4. The minimum Gasteiger partial charge on any atom is -0.467 e. The molecule has 0 spiro atoms. The Kier molecular flexibility index (Phi) is 5.06. The van der Waals surface area contributed by atoms with E-state index in [4.69, 9.17) is 5.11 Å². The van der Waals surface area contributed by atoms with Gasteiger partial charge in [-0.25, -0.2) is 14.0 Å². The molecule has 0 saturated heterocycles. The highest BCUT2D eigenvalue weighted by atomic mass is 19.1. The van der Waals surface area contributed by atoms with Crippen molar-refractivity contribution in [2.24, 2.45) is 0 Å². The van der Waals surface area contributed by atoms with Crippen LogP contribution < -0.4 is 10.6 Å². The predicted octanol–water partition coefficient (Wildman–Crippen LogP) is 0.481. The molecule has 1 aromatic carbocycles. The zero-order valence-corrected chi connectivity index (χ0v) is 9.64. The molecule has 18 heavy (non-hydrogen) atoms. The van der Waals surface area contributed by atoms with Gasteiger partial charge in [-0.1, -0.05) is 0 Å². The third kappa shape index (κ3) is 4.02. The summed E-state index contributed by atoms with van der Waals surface area (Å²) < 4.78 is 17.0. The zero-order valence-electron chi connectivity index (χ0n) is 9.64. The topological polar surface area (TPSA) is 87.7 Å². The number of amides is 2. The van der Waals surface area contributed by atoms with Crippen LogP contribution in [-0.4, -0.2) is 36.9 Å². The van der Waals surface area contributed by atoms with Crippen molar-refractivity contribution in [1.29, 1.82) is 0 Å². The lowest BCUT2D eigenvalue weighted by atomic mass is 10.3. The van der Waals surface area contributed by atoms with E-state index in [-0.39, 0.29) is 0 Å². The summed E-state index contributed by atoms with van der Waals surface area (Å²) >= 11 is 0. The highest BCUT2D eigenvalue weighted by molar-refractivity contribution is 5.92. The first kappa shape index (κ1) is 13.9. The summed E-state index contributed by atoms with van der Waals surface area (Å²) in [5, 5.41) is 13.5. The molecule has 1 rings (SSSR count). The Hall–Kier alpha value is -2.15. The first-order valence-corrected chi connectivity index (χ1v) is 5.08. The molecule has 2 amide bonds. The van der Waals surface area contributed by atoms with Gasteiger partial charge in [-0.15, -0.1) is 0 Å². The second-order valence-corrected chi connectivity index (χ2v) is 3.36. The normalized spacial score (nSPS) is 11.5. The lowest BCUT2D eigenvalue weighted by Gasteiger charge is -2.14. The summed E-state index contributed by atoms with van der Waals surface area (Å²) in [6.07, 6.45) is 0. The van der Waals surface area contributed by atoms with Crippen LogP contribution in [0, 0.1) is 5.82 Å². The van der Waals surface area contributed by atoms with Gasteiger partial charge in [0, 0.05) is 5.69 Å². The average Bonchev–Trinajstić information content (AvgIpc) is 2.37. The van der Waals surface area contributed by atoms with Gasteiger partial charge >= 0.3 is 12.0 Å². The van der Waals surface area contributed by atoms with Crippen molar-refractivity contribution < 1.29 is 23.8 Å². The number of aliphatic hydroxyl groups excluding tert-OH is 1. The summed E-state index contributed by atoms with van der Waals surface area (Å²) in [4.78, 5) is 22.6. The Morgan fingerprint density at radius 2 is 2.00 bits per heavy atom. The lowest BCUT2D eigenvalue weighted by molar-refractivity contribution is -0.143. The summed E-state index contributed by atoms with van der Waals surface area (Å²) in [6, 6.07) is 3.24. The average molecular weight is 256 g/mol. The number of hydrogen-bond acceptors (Lipinski definition) is 4. The van der Waals surface area contributed by atoms with E-state index >= 15 is 0 Å². The molecule has 0 fully saturated rings. The summed E-state index contributed by atoms with van der Waals surface area (Å²) in [5.41, 5.74) is 0.357. The number of benzene rings is 1. The van der Waals surface area contributed by atoms with E-state index in [0.29, 0.717) is 5.69 Å². The number of carbonyl (C=O) groups is 2. The Morgan fingerprint density at radius 3 is 2.50 bits per heavy atom. The number of rotatable bonds is 4. The third-order valence-electron chi connectivity index (χ3n) is 2.08. The molecule has 1 atom stereocenters. The van der Waals surface area contributed by atoms with Gasteiger partial charge in [-0.05, 0) is 24.3 Å². The predicted molar refractivity (Wildman–Crippen MR) is 61.4 cm³/mol. The number of esters is 1.